The normalized spacial score (nSPS) is 25.2. The highest BCUT2D eigenvalue weighted by atomic mass is 16.2. The zero-order valence-electron chi connectivity index (χ0n) is 16.6. The fourth-order valence-corrected chi connectivity index (χ4v) is 5.09. The molecule has 148 valence electrons. The number of primary amides is 1. The zero-order chi connectivity index (χ0) is 20.3. The minimum absolute atomic E-state index is 0.0399. The summed E-state index contributed by atoms with van der Waals surface area (Å²) in [4.78, 5) is 30.9. The zero-order valence-corrected chi connectivity index (χ0v) is 16.6. The molecule has 0 spiro atoms. The van der Waals surface area contributed by atoms with E-state index >= 15 is 0 Å². The largest absolute Gasteiger partial charge is 0.368 e. The Bertz CT molecular complexity index is 1130. The molecule has 2 N–H and O–H groups in total. The summed E-state index contributed by atoms with van der Waals surface area (Å²) in [5.74, 6) is -0.123. The quantitative estimate of drug-likeness (QED) is 0.858. The van der Waals surface area contributed by atoms with Crippen LogP contribution < -0.4 is 5.73 Å². The van der Waals surface area contributed by atoms with Gasteiger partial charge < -0.3 is 15.2 Å². The molecular formula is C23H24N4O2. The molecule has 5 rings (SSSR count). The number of nitrogens with two attached hydrogens (primary N) is 1. The molecule has 1 fully saturated rings. The van der Waals surface area contributed by atoms with Crippen LogP contribution in [0.2, 0.25) is 0 Å². The molecule has 2 aromatic rings. The van der Waals surface area contributed by atoms with Crippen LogP contribution in [-0.2, 0) is 9.59 Å². The van der Waals surface area contributed by atoms with Crippen LogP contribution >= 0.6 is 0 Å². The van der Waals surface area contributed by atoms with Crippen molar-refractivity contribution >= 4 is 35.1 Å². The lowest BCUT2D eigenvalue weighted by molar-refractivity contribution is -0.133. The molecule has 6 nitrogen and oxygen atoms in total. The van der Waals surface area contributed by atoms with Gasteiger partial charge in [0.2, 0.25) is 11.8 Å². The first kappa shape index (κ1) is 17.9. The summed E-state index contributed by atoms with van der Waals surface area (Å²) < 4.78 is 2.20. The van der Waals surface area contributed by atoms with Crippen LogP contribution in [0, 0.1) is 5.92 Å². The first-order chi connectivity index (χ1) is 14.0. The third kappa shape index (κ3) is 2.66. The highest BCUT2D eigenvalue weighted by Gasteiger charge is 2.39. The highest BCUT2D eigenvalue weighted by molar-refractivity contribution is 6.02. The molecular weight excluding hydrogens is 364 g/mol. The summed E-state index contributed by atoms with van der Waals surface area (Å²) in [6, 6.07) is 9.83. The predicted octanol–water partition coefficient (Wildman–Crippen LogP) is 2.70. The van der Waals surface area contributed by atoms with Crippen LogP contribution in [-0.4, -0.2) is 47.6 Å². The van der Waals surface area contributed by atoms with Crippen LogP contribution in [0.25, 0.3) is 17.1 Å². The van der Waals surface area contributed by atoms with E-state index in [1.165, 1.54) is 16.7 Å². The maximum atomic E-state index is 12.7. The van der Waals surface area contributed by atoms with E-state index < -0.39 is 11.9 Å². The highest BCUT2D eigenvalue weighted by Crippen LogP contribution is 2.47. The Balaban J connectivity index is 1.70. The number of hydrogen-bond donors (Lipinski definition) is 1. The third-order valence-corrected chi connectivity index (χ3v) is 6.46. The van der Waals surface area contributed by atoms with Crippen LogP contribution in [0.15, 0.2) is 52.0 Å². The molecule has 6 heteroatoms. The van der Waals surface area contributed by atoms with Gasteiger partial charge in [0.25, 0.3) is 0 Å². The summed E-state index contributed by atoms with van der Waals surface area (Å²) in [5, 5.41) is 1.17. The fraction of sp³-hybridized carbons (Fsp3) is 0.348. The van der Waals surface area contributed by atoms with Crippen molar-refractivity contribution in [3.8, 4) is 0 Å². The summed E-state index contributed by atoms with van der Waals surface area (Å²) in [6.45, 7) is 0. The number of allylic oxidation sites excluding steroid dienone is 1. The first-order valence-electron chi connectivity index (χ1n) is 10.0. The van der Waals surface area contributed by atoms with Gasteiger partial charge in [0.1, 0.15) is 0 Å². The van der Waals surface area contributed by atoms with Gasteiger partial charge in [0, 0.05) is 55.0 Å². The maximum absolute atomic E-state index is 12.7. The van der Waals surface area contributed by atoms with Crippen molar-refractivity contribution in [1.82, 2.24) is 9.47 Å². The second-order valence-electron chi connectivity index (χ2n) is 8.37. The van der Waals surface area contributed by atoms with Gasteiger partial charge in [-0.2, -0.15) is 0 Å². The Labute approximate surface area is 169 Å². The number of para-hydroxylation sites is 1. The number of rotatable bonds is 2. The minimum atomic E-state index is -0.671. The Kier molecular flexibility index (Phi) is 3.98. The van der Waals surface area contributed by atoms with Gasteiger partial charge in [-0.15, -0.1) is 0 Å². The number of hydrogen-bond acceptors (Lipinski definition) is 3. The van der Waals surface area contributed by atoms with E-state index in [-0.39, 0.29) is 17.7 Å². The van der Waals surface area contributed by atoms with E-state index in [0.29, 0.717) is 6.42 Å². The standard InChI is InChI=1S/C23H24N4O2/c1-26(2)23(29)14-7-8-15-16(9-14)17-11-25-21(22(24)28)18(17)12-27-19-6-4-3-5-13(19)10-20(15)27/h3-6,10-12,14-15,21H,7-9H2,1-2H3,(H2,24,28)/t14-,15?,21?/m0/s1. The van der Waals surface area contributed by atoms with Gasteiger partial charge in [0.05, 0.1) is 5.52 Å². The van der Waals surface area contributed by atoms with Crippen molar-refractivity contribution in [2.75, 3.05) is 14.1 Å². The summed E-state index contributed by atoms with van der Waals surface area (Å²) in [5.41, 5.74) is 11.0. The maximum Gasteiger partial charge on any atom is 0.246 e. The number of aliphatic imine (C=N–C) groups is 1. The monoisotopic (exact) mass is 388 g/mol. The minimum Gasteiger partial charge on any atom is -0.368 e. The number of aromatic nitrogens is 1. The van der Waals surface area contributed by atoms with Crippen LogP contribution in [0.1, 0.15) is 30.9 Å². The molecule has 2 amide bonds. The molecule has 0 bridgehead atoms. The Hall–Kier alpha value is -3.15. The smallest absolute Gasteiger partial charge is 0.246 e. The Morgan fingerprint density at radius 2 is 2.00 bits per heavy atom. The Morgan fingerprint density at radius 1 is 1.21 bits per heavy atom. The van der Waals surface area contributed by atoms with Crippen LogP contribution in [0.5, 0.6) is 0 Å². The number of fused-ring (bicyclic) bond motifs is 6. The number of carbonyl (C=O) groups excluding carboxylic acids is 2. The molecule has 0 radical (unpaired) electrons. The Morgan fingerprint density at radius 3 is 2.76 bits per heavy atom. The lowest BCUT2D eigenvalue weighted by Gasteiger charge is -2.32. The van der Waals surface area contributed by atoms with E-state index in [9.17, 15) is 9.59 Å². The molecule has 0 saturated heterocycles. The molecule has 1 aromatic heterocycles. The lowest BCUT2D eigenvalue weighted by atomic mass is 9.74. The van der Waals surface area contributed by atoms with Crippen molar-refractivity contribution in [2.45, 2.75) is 31.2 Å². The number of carbonyl (C=O) groups is 2. The van der Waals surface area contributed by atoms with Crippen molar-refractivity contribution in [2.24, 2.45) is 16.6 Å². The molecule has 3 aliphatic rings. The van der Waals surface area contributed by atoms with Gasteiger partial charge in [-0.25, -0.2) is 0 Å². The van der Waals surface area contributed by atoms with Crippen LogP contribution in [0.4, 0.5) is 0 Å². The molecule has 1 saturated carbocycles. The summed E-state index contributed by atoms with van der Waals surface area (Å²) in [7, 11) is 3.62. The predicted molar refractivity (Wildman–Crippen MR) is 113 cm³/mol. The molecule has 3 atom stereocenters. The SMILES string of the molecule is CN(C)C(=O)[C@H]1CCC2C(=C3C=NC(C(N)=O)C3=Cn3c2cc2ccccc23)C1. The van der Waals surface area contributed by atoms with Gasteiger partial charge in [-0.3, -0.25) is 14.6 Å². The van der Waals surface area contributed by atoms with Crippen LogP contribution in [0.3, 0.4) is 0 Å². The van der Waals surface area contributed by atoms with Crippen molar-refractivity contribution in [3.63, 3.8) is 0 Å². The average Bonchev–Trinajstić information content (AvgIpc) is 3.26. The molecule has 1 aliphatic carbocycles. The average molecular weight is 388 g/mol. The third-order valence-electron chi connectivity index (χ3n) is 6.46. The summed E-state index contributed by atoms with van der Waals surface area (Å²) in [6.07, 6.45) is 6.26. The molecule has 1 aromatic carbocycles. The van der Waals surface area contributed by atoms with E-state index in [2.05, 4.69) is 27.8 Å². The van der Waals surface area contributed by atoms with Crippen molar-refractivity contribution < 1.29 is 9.59 Å². The lowest BCUT2D eigenvalue weighted by Crippen LogP contribution is -2.33. The van der Waals surface area contributed by atoms with Gasteiger partial charge in [-0.05, 0) is 37.0 Å². The molecule has 29 heavy (non-hydrogen) atoms. The number of benzene rings is 1. The van der Waals surface area contributed by atoms with Gasteiger partial charge >= 0.3 is 0 Å². The second-order valence-corrected chi connectivity index (χ2v) is 8.37. The fourth-order valence-electron chi connectivity index (χ4n) is 5.09. The van der Waals surface area contributed by atoms with E-state index in [1.54, 1.807) is 11.1 Å². The second kappa shape index (κ2) is 6.44. The van der Waals surface area contributed by atoms with Gasteiger partial charge in [-0.1, -0.05) is 23.8 Å². The molecule has 2 aliphatic heterocycles. The molecule has 3 heterocycles. The van der Waals surface area contributed by atoms with Crippen molar-refractivity contribution in [1.29, 1.82) is 0 Å². The van der Waals surface area contributed by atoms with E-state index in [4.69, 9.17) is 5.73 Å². The van der Waals surface area contributed by atoms with E-state index in [1.807, 2.05) is 32.4 Å². The summed E-state index contributed by atoms with van der Waals surface area (Å²) >= 11 is 0. The van der Waals surface area contributed by atoms with Crippen molar-refractivity contribution in [3.05, 3.63) is 52.7 Å². The molecule has 2 unspecified atom stereocenters. The first-order valence-corrected chi connectivity index (χ1v) is 10.0. The number of amides is 2. The van der Waals surface area contributed by atoms with E-state index in [0.717, 1.165) is 29.5 Å². The van der Waals surface area contributed by atoms with Gasteiger partial charge in [0.15, 0.2) is 6.04 Å². The topological polar surface area (TPSA) is 80.7 Å². The number of nitrogens with zero attached hydrogens (tertiary/aromatic N) is 3.